The van der Waals surface area contributed by atoms with Crippen LogP contribution in [0.1, 0.15) is 25.8 Å². The third-order valence-corrected chi connectivity index (χ3v) is 3.69. The smallest absolute Gasteiger partial charge is 0.0681 e. The van der Waals surface area contributed by atoms with Crippen molar-refractivity contribution in [3.63, 3.8) is 0 Å². The van der Waals surface area contributed by atoms with E-state index in [-0.39, 0.29) is 0 Å². The quantitative estimate of drug-likeness (QED) is 0.541. The maximum Gasteiger partial charge on any atom is 0.0681 e. The molecule has 0 saturated carbocycles. The summed E-state index contributed by atoms with van der Waals surface area (Å²) in [6.45, 7) is 4.36. The van der Waals surface area contributed by atoms with Crippen molar-refractivity contribution in [1.82, 2.24) is 0 Å². The fraction of sp³-hybridized carbons (Fsp3) is 0.235. The summed E-state index contributed by atoms with van der Waals surface area (Å²) in [6, 6.07) is 15.6. The minimum Gasteiger partial charge on any atom is -0.278 e. The summed E-state index contributed by atoms with van der Waals surface area (Å²) in [5.41, 5.74) is 6.03. The number of halogens is 2. The Hall–Kier alpha value is -1.51. The minimum absolute atomic E-state index is 0.516. The minimum atomic E-state index is 0.516. The number of hydrogen-bond acceptors (Lipinski definition) is 2. The van der Waals surface area contributed by atoms with E-state index in [9.17, 15) is 0 Å². The Morgan fingerprint density at radius 2 is 1.76 bits per heavy atom. The molecule has 0 bridgehead atoms. The largest absolute Gasteiger partial charge is 0.278 e. The normalized spacial score (nSPS) is 11.8. The van der Waals surface area contributed by atoms with E-state index in [1.54, 1.807) is 12.1 Å². The van der Waals surface area contributed by atoms with Crippen LogP contribution in [0.15, 0.2) is 53.6 Å². The summed E-state index contributed by atoms with van der Waals surface area (Å²) in [7, 11) is 0. The standard InChI is InChI=1S/C17H18Cl2N2/c1-12(2)10-17(13-6-4-3-5-7-13)21-20-14-8-9-15(18)16(19)11-14/h3-9,11-12,20H,10H2,1-2H3/b21-17-. The van der Waals surface area contributed by atoms with Crippen LogP contribution >= 0.6 is 23.2 Å². The van der Waals surface area contributed by atoms with Gasteiger partial charge in [-0.2, -0.15) is 5.10 Å². The van der Waals surface area contributed by atoms with Crippen LogP contribution < -0.4 is 5.43 Å². The molecule has 21 heavy (non-hydrogen) atoms. The molecule has 0 fully saturated rings. The summed E-state index contributed by atoms with van der Waals surface area (Å²) in [5, 5.41) is 5.59. The molecular formula is C17H18Cl2N2. The SMILES string of the molecule is CC(C)C/C(=N/Nc1ccc(Cl)c(Cl)c1)c1ccccc1. The third-order valence-electron chi connectivity index (χ3n) is 2.95. The molecule has 2 aromatic carbocycles. The van der Waals surface area contributed by atoms with Gasteiger partial charge < -0.3 is 0 Å². The molecule has 0 spiro atoms. The zero-order chi connectivity index (χ0) is 15.2. The number of benzene rings is 2. The van der Waals surface area contributed by atoms with Crippen molar-refractivity contribution in [1.29, 1.82) is 0 Å². The number of hydrogen-bond donors (Lipinski definition) is 1. The first-order chi connectivity index (χ1) is 10.1. The molecule has 0 amide bonds. The second kappa shape index (κ2) is 7.48. The van der Waals surface area contributed by atoms with Gasteiger partial charge in [-0.3, -0.25) is 5.43 Å². The van der Waals surface area contributed by atoms with Crippen molar-refractivity contribution in [2.24, 2.45) is 11.0 Å². The maximum atomic E-state index is 6.01. The average molecular weight is 321 g/mol. The third kappa shape index (κ3) is 4.76. The van der Waals surface area contributed by atoms with Crippen molar-refractivity contribution in [2.75, 3.05) is 5.43 Å². The predicted molar refractivity (Wildman–Crippen MR) is 92.5 cm³/mol. The summed E-state index contributed by atoms with van der Waals surface area (Å²) >= 11 is 11.9. The first-order valence-electron chi connectivity index (χ1n) is 6.89. The molecule has 4 heteroatoms. The van der Waals surface area contributed by atoms with Gasteiger partial charge in [0.15, 0.2) is 0 Å². The Morgan fingerprint density at radius 3 is 2.38 bits per heavy atom. The second-order valence-corrected chi connectivity index (χ2v) is 6.08. The van der Waals surface area contributed by atoms with Crippen LogP contribution in [0.25, 0.3) is 0 Å². The Bertz CT molecular complexity index is 622. The van der Waals surface area contributed by atoms with Gasteiger partial charge in [-0.15, -0.1) is 0 Å². The molecule has 2 nitrogen and oxygen atoms in total. The molecular weight excluding hydrogens is 303 g/mol. The summed E-state index contributed by atoms with van der Waals surface area (Å²) < 4.78 is 0. The zero-order valence-corrected chi connectivity index (χ0v) is 13.6. The average Bonchev–Trinajstić information content (AvgIpc) is 2.47. The summed E-state index contributed by atoms with van der Waals surface area (Å²) in [5.74, 6) is 0.527. The maximum absolute atomic E-state index is 6.01. The number of rotatable bonds is 5. The van der Waals surface area contributed by atoms with E-state index in [2.05, 4.69) is 36.5 Å². The van der Waals surface area contributed by atoms with Crippen molar-refractivity contribution < 1.29 is 0 Å². The van der Waals surface area contributed by atoms with Gasteiger partial charge in [0.2, 0.25) is 0 Å². The van der Waals surface area contributed by atoms with Gasteiger partial charge in [0, 0.05) is 0 Å². The van der Waals surface area contributed by atoms with Crippen molar-refractivity contribution >= 4 is 34.6 Å². The highest BCUT2D eigenvalue weighted by Crippen LogP contribution is 2.25. The van der Waals surface area contributed by atoms with Crippen LogP contribution in [-0.2, 0) is 0 Å². The van der Waals surface area contributed by atoms with E-state index in [1.165, 1.54) is 0 Å². The predicted octanol–water partition coefficient (Wildman–Crippen LogP) is 5.86. The van der Waals surface area contributed by atoms with Gasteiger partial charge in [0.25, 0.3) is 0 Å². The molecule has 0 saturated heterocycles. The van der Waals surface area contributed by atoms with E-state index >= 15 is 0 Å². The van der Waals surface area contributed by atoms with E-state index in [4.69, 9.17) is 23.2 Å². The zero-order valence-electron chi connectivity index (χ0n) is 12.1. The molecule has 2 rings (SSSR count). The number of anilines is 1. The lowest BCUT2D eigenvalue weighted by Crippen LogP contribution is -2.08. The molecule has 0 aliphatic rings. The first-order valence-corrected chi connectivity index (χ1v) is 7.65. The van der Waals surface area contributed by atoms with Gasteiger partial charge in [-0.05, 0) is 36.1 Å². The lowest BCUT2D eigenvalue weighted by molar-refractivity contribution is 0.683. The van der Waals surface area contributed by atoms with Crippen LogP contribution in [0.5, 0.6) is 0 Å². The molecule has 110 valence electrons. The molecule has 0 heterocycles. The van der Waals surface area contributed by atoms with Gasteiger partial charge in [-0.1, -0.05) is 67.4 Å². The van der Waals surface area contributed by atoms with Crippen LogP contribution in [0.3, 0.4) is 0 Å². The molecule has 1 N–H and O–H groups in total. The van der Waals surface area contributed by atoms with Gasteiger partial charge >= 0.3 is 0 Å². The Balaban J connectivity index is 2.22. The second-order valence-electron chi connectivity index (χ2n) is 5.26. The highest BCUT2D eigenvalue weighted by atomic mass is 35.5. The molecule has 0 aliphatic heterocycles. The first kappa shape index (κ1) is 15.9. The lowest BCUT2D eigenvalue weighted by atomic mass is 10.0. The highest BCUT2D eigenvalue weighted by Gasteiger charge is 2.06. The van der Waals surface area contributed by atoms with Crippen LogP contribution in [0.4, 0.5) is 5.69 Å². The molecule has 0 aliphatic carbocycles. The summed E-state index contributed by atoms with van der Waals surface area (Å²) in [6.07, 6.45) is 0.901. The van der Waals surface area contributed by atoms with E-state index in [0.717, 1.165) is 23.4 Å². The van der Waals surface area contributed by atoms with E-state index in [0.29, 0.717) is 16.0 Å². The van der Waals surface area contributed by atoms with Gasteiger partial charge in [0.1, 0.15) is 0 Å². The van der Waals surface area contributed by atoms with Crippen LogP contribution in [-0.4, -0.2) is 5.71 Å². The van der Waals surface area contributed by atoms with Crippen LogP contribution in [0, 0.1) is 5.92 Å². The number of nitrogens with one attached hydrogen (secondary N) is 1. The lowest BCUT2D eigenvalue weighted by Gasteiger charge is -2.10. The van der Waals surface area contributed by atoms with Gasteiger partial charge in [-0.25, -0.2) is 0 Å². The molecule has 0 radical (unpaired) electrons. The fourth-order valence-electron chi connectivity index (χ4n) is 1.94. The van der Waals surface area contributed by atoms with Crippen molar-refractivity contribution in [3.8, 4) is 0 Å². The van der Waals surface area contributed by atoms with Crippen molar-refractivity contribution in [2.45, 2.75) is 20.3 Å². The van der Waals surface area contributed by atoms with Crippen LogP contribution in [0.2, 0.25) is 10.0 Å². The number of nitrogens with zero attached hydrogens (tertiary/aromatic N) is 1. The van der Waals surface area contributed by atoms with Crippen molar-refractivity contribution in [3.05, 3.63) is 64.1 Å². The molecule has 0 unspecified atom stereocenters. The Morgan fingerprint density at radius 1 is 1.05 bits per heavy atom. The Labute approximate surface area is 135 Å². The van der Waals surface area contributed by atoms with Gasteiger partial charge in [0.05, 0.1) is 21.4 Å². The van der Waals surface area contributed by atoms with E-state index in [1.807, 2.05) is 24.3 Å². The summed E-state index contributed by atoms with van der Waals surface area (Å²) in [4.78, 5) is 0. The molecule has 0 aromatic heterocycles. The fourth-order valence-corrected chi connectivity index (χ4v) is 2.24. The topological polar surface area (TPSA) is 24.4 Å². The molecule has 2 aromatic rings. The number of hydrazone groups is 1. The van der Waals surface area contributed by atoms with E-state index < -0.39 is 0 Å². The monoisotopic (exact) mass is 320 g/mol. The Kier molecular flexibility index (Phi) is 5.66. The molecule has 0 atom stereocenters. The highest BCUT2D eigenvalue weighted by molar-refractivity contribution is 6.42.